The van der Waals surface area contributed by atoms with E-state index in [9.17, 15) is 9.90 Å². The van der Waals surface area contributed by atoms with Crippen molar-refractivity contribution in [1.82, 2.24) is 5.32 Å². The van der Waals surface area contributed by atoms with Gasteiger partial charge in [-0.2, -0.15) is 0 Å². The Morgan fingerprint density at radius 1 is 1.53 bits per heavy atom. The fourth-order valence-corrected chi connectivity index (χ4v) is 2.43. The number of carboxylic acid groups (broad SMARTS) is 1. The molecule has 1 fully saturated rings. The van der Waals surface area contributed by atoms with Gasteiger partial charge in [0.1, 0.15) is 11.3 Å². The molecule has 1 aromatic rings. The second-order valence-corrected chi connectivity index (χ2v) is 4.60. The number of nitrogens with one attached hydrogen (secondary N) is 1. The molecule has 1 aromatic carbocycles. The minimum atomic E-state index is -1.15. The van der Waals surface area contributed by atoms with Gasteiger partial charge in [0.2, 0.25) is 0 Å². The zero-order chi connectivity index (χ0) is 12.4. The highest BCUT2D eigenvalue weighted by Gasteiger charge is 2.24. The summed E-state index contributed by atoms with van der Waals surface area (Å²) in [5.41, 5.74) is 0.431. The summed E-state index contributed by atoms with van der Waals surface area (Å²) in [7, 11) is 0. The van der Waals surface area contributed by atoms with Gasteiger partial charge in [-0.05, 0) is 12.1 Å². The molecule has 0 unspecified atom stereocenters. The molecule has 2 rings (SSSR count). The van der Waals surface area contributed by atoms with Crippen LogP contribution in [0.2, 0.25) is 0 Å². The molecule has 92 valence electrons. The molecule has 1 atom stereocenters. The molecule has 0 radical (unpaired) electrons. The van der Waals surface area contributed by atoms with Crippen molar-refractivity contribution in [2.45, 2.75) is 6.04 Å². The Balaban J connectivity index is 2.43. The molecule has 0 saturated carbocycles. The first-order valence-corrected chi connectivity index (χ1v) is 5.96. The second kappa shape index (κ2) is 5.03. The van der Waals surface area contributed by atoms with Crippen molar-refractivity contribution < 1.29 is 19.7 Å². The van der Waals surface area contributed by atoms with Gasteiger partial charge in [-0.15, -0.1) is 0 Å². The zero-order valence-corrected chi connectivity index (χ0v) is 10.5. The average Bonchev–Trinajstić information content (AvgIpc) is 2.30. The molecule has 0 aromatic heterocycles. The fourth-order valence-electron chi connectivity index (χ4n) is 1.84. The number of aromatic carboxylic acids is 1. The van der Waals surface area contributed by atoms with Gasteiger partial charge in [-0.25, -0.2) is 4.79 Å². The Bertz CT molecular complexity index is 443. The predicted molar refractivity (Wildman–Crippen MR) is 64.3 cm³/mol. The number of carboxylic acids is 1. The van der Waals surface area contributed by atoms with Crippen molar-refractivity contribution in [1.29, 1.82) is 0 Å². The van der Waals surface area contributed by atoms with Crippen LogP contribution in [0.25, 0.3) is 0 Å². The largest absolute Gasteiger partial charge is 0.507 e. The van der Waals surface area contributed by atoms with Crippen molar-refractivity contribution in [3.05, 3.63) is 27.7 Å². The number of ether oxygens (including phenoxy) is 1. The van der Waals surface area contributed by atoms with E-state index in [0.717, 1.165) is 0 Å². The molecule has 5 nitrogen and oxygen atoms in total. The lowest BCUT2D eigenvalue weighted by Gasteiger charge is -2.26. The maximum atomic E-state index is 10.9. The maximum absolute atomic E-state index is 10.9. The minimum absolute atomic E-state index is 0.101. The van der Waals surface area contributed by atoms with Crippen LogP contribution in [0.1, 0.15) is 22.0 Å². The molecule has 0 bridgehead atoms. The van der Waals surface area contributed by atoms with Crippen LogP contribution in [0.4, 0.5) is 0 Å². The van der Waals surface area contributed by atoms with Gasteiger partial charge in [-0.3, -0.25) is 0 Å². The van der Waals surface area contributed by atoms with Crippen LogP contribution in [0.5, 0.6) is 5.75 Å². The van der Waals surface area contributed by atoms with E-state index < -0.39 is 5.97 Å². The normalized spacial score (nSPS) is 20.2. The van der Waals surface area contributed by atoms with Crippen LogP contribution in [-0.2, 0) is 4.74 Å². The standard InChI is InChI=1S/C11H12BrNO4/c12-7-2-1-6(11(15)16)10(14)9(7)8-5-17-4-3-13-8/h1-2,8,13-14H,3-5H2,(H,15,16)/t8-/m0/s1. The van der Waals surface area contributed by atoms with E-state index in [1.807, 2.05) is 0 Å². The Labute approximate surface area is 107 Å². The molecule has 0 amide bonds. The van der Waals surface area contributed by atoms with Crippen LogP contribution in [-0.4, -0.2) is 35.9 Å². The van der Waals surface area contributed by atoms with E-state index in [1.165, 1.54) is 6.07 Å². The van der Waals surface area contributed by atoms with Crippen LogP contribution < -0.4 is 5.32 Å². The summed E-state index contributed by atoms with van der Waals surface area (Å²) in [6, 6.07) is 2.79. The second-order valence-electron chi connectivity index (χ2n) is 3.74. The number of hydrogen-bond acceptors (Lipinski definition) is 4. The summed E-state index contributed by atoms with van der Waals surface area (Å²) in [5.74, 6) is -1.36. The topological polar surface area (TPSA) is 78.8 Å². The van der Waals surface area contributed by atoms with Crippen molar-refractivity contribution >= 4 is 21.9 Å². The van der Waals surface area contributed by atoms with Gasteiger partial charge in [-0.1, -0.05) is 15.9 Å². The van der Waals surface area contributed by atoms with Crippen molar-refractivity contribution in [2.24, 2.45) is 0 Å². The number of benzene rings is 1. The number of phenols is 1. The van der Waals surface area contributed by atoms with Crippen molar-refractivity contribution in [2.75, 3.05) is 19.8 Å². The summed E-state index contributed by atoms with van der Waals surface area (Å²) in [6.07, 6.45) is 0. The van der Waals surface area contributed by atoms with E-state index in [1.54, 1.807) is 6.07 Å². The van der Waals surface area contributed by atoms with Gasteiger partial charge < -0.3 is 20.3 Å². The van der Waals surface area contributed by atoms with Crippen molar-refractivity contribution in [3.8, 4) is 5.75 Å². The lowest BCUT2D eigenvalue weighted by molar-refractivity contribution is 0.0687. The van der Waals surface area contributed by atoms with Gasteiger partial charge in [0.25, 0.3) is 0 Å². The highest BCUT2D eigenvalue weighted by Crippen LogP contribution is 2.35. The van der Waals surface area contributed by atoms with E-state index in [-0.39, 0.29) is 17.4 Å². The fraction of sp³-hybridized carbons (Fsp3) is 0.364. The molecular formula is C11H12BrNO4. The molecule has 6 heteroatoms. The lowest BCUT2D eigenvalue weighted by atomic mass is 10.0. The molecule has 0 aliphatic carbocycles. The van der Waals surface area contributed by atoms with E-state index in [0.29, 0.717) is 29.8 Å². The van der Waals surface area contributed by atoms with Gasteiger partial charge in [0.15, 0.2) is 0 Å². The van der Waals surface area contributed by atoms with Crippen LogP contribution in [0, 0.1) is 0 Å². The summed E-state index contributed by atoms with van der Waals surface area (Å²) in [4.78, 5) is 10.9. The third-order valence-electron chi connectivity index (χ3n) is 2.66. The Kier molecular flexibility index (Phi) is 3.66. The predicted octanol–water partition coefficient (Wildman–Crippen LogP) is 1.51. The Morgan fingerprint density at radius 3 is 2.88 bits per heavy atom. The summed E-state index contributed by atoms with van der Waals surface area (Å²) < 4.78 is 5.97. The van der Waals surface area contributed by atoms with E-state index >= 15 is 0 Å². The monoisotopic (exact) mass is 301 g/mol. The summed E-state index contributed by atoms with van der Waals surface area (Å²) >= 11 is 3.32. The molecule has 1 heterocycles. The summed E-state index contributed by atoms with van der Waals surface area (Å²) in [6.45, 7) is 1.70. The van der Waals surface area contributed by atoms with Gasteiger partial charge in [0, 0.05) is 16.6 Å². The zero-order valence-electron chi connectivity index (χ0n) is 8.94. The number of morpholine rings is 1. The van der Waals surface area contributed by atoms with Crippen LogP contribution in [0.3, 0.4) is 0 Å². The van der Waals surface area contributed by atoms with Gasteiger partial charge >= 0.3 is 5.97 Å². The highest BCUT2D eigenvalue weighted by molar-refractivity contribution is 9.10. The Hall–Kier alpha value is -1.11. The number of aromatic hydroxyl groups is 1. The molecule has 17 heavy (non-hydrogen) atoms. The third kappa shape index (κ3) is 2.43. The molecule has 0 spiro atoms. The molecule has 1 saturated heterocycles. The molecule has 3 N–H and O–H groups in total. The third-order valence-corrected chi connectivity index (χ3v) is 3.36. The lowest BCUT2D eigenvalue weighted by Crippen LogP contribution is -2.34. The minimum Gasteiger partial charge on any atom is -0.507 e. The first-order chi connectivity index (χ1) is 8.11. The quantitative estimate of drug-likeness (QED) is 0.772. The molecule has 1 aliphatic rings. The number of halogens is 1. The SMILES string of the molecule is O=C(O)c1ccc(Br)c([C@@H]2COCCN2)c1O. The maximum Gasteiger partial charge on any atom is 0.339 e. The Morgan fingerprint density at radius 2 is 2.29 bits per heavy atom. The smallest absolute Gasteiger partial charge is 0.339 e. The molecule has 1 aliphatic heterocycles. The number of carbonyl (C=O) groups is 1. The number of hydrogen-bond donors (Lipinski definition) is 3. The van der Waals surface area contributed by atoms with Crippen LogP contribution >= 0.6 is 15.9 Å². The molecular weight excluding hydrogens is 290 g/mol. The first kappa shape index (κ1) is 12.3. The first-order valence-electron chi connectivity index (χ1n) is 5.17. The van der Waals surface area contributed by atoms with Gasteiger partial charge in [0.05, 0.1) is 19.3 Å². The summed E-state index contributed by atoms with van der Waals surface area (Å²) in [5, 5.41) is 22.1. The van der Waals surface area contributed by atoms with Crippen molar-refractivity contribution in [3.63, 3.8) is 0 Å². The number of rotatable bonds is 2. The van der Waals surface area contributed by atoms with Crippen LogP contribution in [0.15, 0.2) is 16.6 Å². The average molecular weight is 302 g/mol. The van der Waals surface area contributed by atoms with E-state index in [2.05, 4.69) is 21.2 Å². The highest BCUT2D eigenvalue weighted by atomic mass is 79.9. The van der Waals surface area contributed by atoms with E-state index in [4.69, 9.17) is 9.84 Å².